The first-order chi connectivity index (χ1) is 9.75. The Morgan fingerprint density at radius 3 is 1.70 bits per heavy atom. The first-order valence-corrected chi connectivity index (χ1v) is 7.84. The highest BCUT2D eigenvalue weighted by atomic mass is 14.2. The normalized spacial score (nSPS) is 15.3. The first-order valence-electron chi connectivity index (χ1n) is 7.84. The van der Waals surface area contributed by atoms with E-state index < -0.39 is 0 Å². The number of hydrogen-bond acceptors (Lipinski definition) is 0. The molecule has 0 amide bonds. The van der Waals surface area contributed by atoms with E-state index >= 15 is 0 Å². The van der Waals surface area contributed by atoms with Gasteiger partial charge in [0.05, 0.1) is 0 Å². The molecule has 0 N–H and O–H groups in total. The van der Waals surface area contributed by atoms with Crippen molar-refractivity contribution in [2.45, 2.75) is 51.9 Å². The maximum atomic E-state index is 2.31. The molecule has 106 valence electrons. The molecule has 2 aromatic rings. The summed E-state index contributed by atoms with van der Waals surface area (Å²) in [6.07, 6.45) is 7.12. The van der Waals surface area contributed by atoms with Gasteiger partial charge >= 0.3 is 0 Å². The molecule has 0 bridgehead atoms. The van der Waals surface area contributed by atoms with Crippen LogP contribution in [0.5, 0.6) is 0 Å². The molecule has 0 unspecified atom stereocenters. The van der Waals surface area contributed by atoms with Crippen LogP contribution in [-0.4, -0.2) is 0 Å². The Hall–Kier alpha value is -1.56. The molecule has 0 saturated heterocycles. The van der Waals surface area contributed by atoms with Crippen molar-refractivity contribution in [1.29, 1.82) is 0 Å². The van der Waals surface area contributed by atoms with Gasteiger partial charge in [-0.1, -0.05) is 85.0 Å². The molecule has 20 heavy (non-hydrogen) atoms. The Morgan fingerprint density at radius 2 is 1.20 bits per heavy atom. The Bertz CT molecular complexity index is 475. The fourth-order valence-electron chi connectivity index (χ4n) is 2.81. The van der Waals surface area contributed by atoms with Crippen LogP contribution in [0.1, 0.15) is 54.7 Å². The van der Waals surface area contributed by atoms with Crippen molar-refractivity contribution < 1.29 is 0 Å². The highest BCUT2D eigenvalue weighted by molar-refractivity contribution is 5.24. The van der Waals surface area contributed by atoms with E-state index in [1.165, 1.54) is 43.2 Å². The second-order valence-electron chi connectivity index (χ2n) is 5.90. The summed E-state index contributed by atoms with van der Waals surface area (Å²) >= 11 is 0. The third kappa shape index (κ3) is 4.85. The number of benzene rings is 2. The predicted molar refractivity (Wildman–Crippen MR) is 88.2 cm³/mol. The average molecular weight is 266 g/mol. The van der Waals surface area contributed by atoms with Gasteiger partial charge in [-0.05, 0) is 38.2 Å². The standard InChI is InChI=1S/C13H18.C7H8/c1-11-7-9-13(10-8-11)12-5-3-2-4-6-12;1-7-5-3-2-4-6-7/h7-10,12H,2-6H2,1H3;2-6H,1H3. The maximum absolute atomic E-state index is 2.31. The minimum atomic E-state index is 0.856. The van der Waals surface area contributed by atoms with Crippen LogP contribution in [0.3, 0.4) is 0 Å². The molecule has 1 aliphatic carbocycles. The molecule has 0 heteroatoms. The molecule has 0 atom stereocenters. The van der Waals surface area contributed by atoms with Gasteiger partial charge in [0.1, 0.15) is 0 Å². The Kier molecular flexibility index (Phi) is 5.86. The smallest absolute Gasteiger partial charge is 0.0162 e. The minimum absolute atomic E-state index is 0.856. The first kappa shape index (κ1) is 14.8. The van der Waals surface area contributed by atoms with Crippen molar-refractivity contribution in [3.05, 3.63) is 71.3 Å². The zero-order valence-corrected chi connectivity index (χ0v) is 12.8. The van der Waals surface area contributed by atoms with E-state index in [1.807, 2.05) is 18.2 Å². The maximum Gasteiger partial charge on any atom is -0.0162 e. The summed E-state index contributed by atoms with van der Waals surface area (Å²) in [4.78, 5) is 0. The SMILES string of the molecule is Cc1ccc(C2CCCCC2)cc1.Cc1ccccc1. The molecule has 0 spiro atoms. The van der Waals surface area contributed by atoms with Gasteiger partial charge in [0, 0.05) is 0 Å². The zero-order valence-electron chi connectivity index (χ0n) is 12.8. The van der Waals surface area contributed by atoms with Crippen LogP contribution in [0.25, 0.3) is 0 Å². The van der Waals surface area contributed by atoms with Crippen LogP contribution in [0, 0.1) is 13.8 Å². The quantitative estimate of drug-likeness (QED) is 0.590. The minimum Gasteiger partial charge on any atom is -0.0622 e. The zero-order chi connectivity index (χ0) is 14.2. The van der Waals surface area contributed by atoms with E-state index in [2.05, 4.69) is 50.2 Å². The van der Waals surface area contributed by atoms with Gasteiger partial charge in [-0.2, -0.15) is 0 Å². The highest BCUT2D eigenvalue weighted by Gasteiger charge is 2.14. The lowest BCUT2D eigenvalue weighted by Crippen LogP contribution is -2.04. The summed E-state index contributed by atoms with van der Waals surface area (Å²) in [5.74, 6) is 0.856. The lowest BCUT2D eigenvalue weighted by atomic mass is 9.84. The average Bonchev–Trinajstić information content (AvgIpc) is 2.50. The second-order valence-corrected chi connectivity index (χ2v) is 5.90. The van der Waals surface area contributed by atoms with Crippen LogP contribution in [0.15, 0.2) is 54.6 Å². The topological polar surface area (TPSA) is 0 Å². The Balaban J connectivity index is 0.000000178. The van der Waals surface area contributed by atoms with Crippen molar-refractivity contribution in [3.63, 3.8) is 0 Å². The Labute approximate surface area is 123 Å². The van der Waals surface area contributed by atoms with Crippen LogP contribution in [0.4, 0.5) is 0 Å². The van der Waals surface area contributed by atoms with E-state index in [-0.39, 0.29) is 0 Å². The molecule has 2 aromatic carbocycles. The van der Waals surface area contributed by atoms with Crippen LogP contribution in [-0.2, 0) is 0 Å². The van der Waals surface area contributed by atoms with Crippen molar-refractivity contribution in [2.24, 2.45) is 0 Å². The molecule has 0 heterocycles. The molecule has 1 fully saturated rings. The van der Waals surface area contributed by atoms with Gasteiger partial charge in [0.25, 0.3) is 0 Å². The van der Waals surface area contributed by atoms with Crippen molar-refractivity contribution in [1.82, 2.24) is 0 Å². The van der Waals surface area contributed by atoms with Gasteiger partial charge in [0.15, 0.2) is 0 Å². The van der Waals surface area contributed by atoms with Gasteiger partial charge in [-0.3, -0.25) is 0 Å². The summed E-state index contributed by atoms with van der Waals surface area (Å²) in [6, 6.07) is 19.4. The second kappa shape index (κ2) is 7.89. The van der Waals surface area contributed by atoms with Crippen LogP contribution < -0.4 is 0 Å². The fourth-order valence-corrected chi connectivity index (χ4v) is 2.81. The van der Waals surface area contributed by atoms with Gasteiger partial charge in [-0.25, -0.2) is 0 Å². The van der Waals surface area contributed by atoms with Crippen LogP contribution >= 0.6 is 0 Å². The molecular weight excluding hydrogens is 240 g/mol. The summed E-state index contributed by atoms with van der Waals surface area (Å²) in [7, 11) is 0. The van der Waals surface area contributed by atoms with Crippen molar-refractivity contribution >= 4 is 0 Å². The molecule has 0 aliphatic heterocycles. The summed E-state index contributed by atoms with van der Waals surface area (Å²) in [5, 5.41) is 0. The third-order valence-corrected chi connectivity index (χ3v) is 4.09. The third-order valence-electron chi connectivity index (χ3n) is 4.09. The number of rotatable bonds is 1. The number of aryl methyl sites for hydroxylation is 2. The van der Waals surface area contributed by atoms with Crippen LogP contribution in [0.2, 0.25) is 0 Å². The summed E-state index contributed by atoms with van der Waals surface area (Å²) < 4.78 is 0. The van der Waals surface area contributed by atoms with E-state index in [9.17, 15) is 0 Å². The monoisotopic (exact) mass is 266 g/mol. The van der Waals surface area contributed by atoms with E-state index in [4.69, 9.17) is 0 Å². The number of hydrogen-bond donors (Lipinski definition) is 0. The molecular formula is C20H26. The summed E-state index contributed by atoms with van der Waals surface area (Å²) in [5.41, 5.74) is 4.26. The lowest BCUT2D eigenvalue weighted by molar-refractivity contribution is 0.443. The van der Waals surface area contributed by atoms with E-state index in [1.54, 1.807) is 5.56 Å². The lowest BCUT2D eigenvalue weighted by Gasteiger charge is -2.21. The van der Waals surface area contributed by atoms with Gasteiger partial charge < -0.3 is 0 Å². The molecule has 0 aromatic heterocycles. The Morgan fingerprint density at radius 1 is 0.650 bits per heavy atom. The predicted octanol–water partition coefficient (Wildman–Crippen LogP) is 6.04. The van der Waals surface area contributed by atoms with Gasteiger partial charge in [0.2, 0.25) is 0 Å². The molecule has 0 radical (unpaired) electrons. The molecule has 1 aliphatic rings. The molecule has 1 saturated carbocycles. The fraction of sp³-hybridized carbons (Fsp3) is 0.400. The highest BCUT2D eigenvalue weighted by Crippen LogP contribution is 2.32. The van der Waals surface area contributed by atoms with Crippen molar-refractivity contribution in [2.75, 3.05) is 0 Å². The van der Waals surface area contributed by atoms with E-state index in [0.29, 0.717) is 0 Å². The molecule has 0 nitrogen and oxygen atoms in total. The van der Waals surface area contributed by atoms with Gasteiger partial charge in [-0.15, -0.1) is 0 Å². The summed E-state index contributed by atoms with van der Waals surface area (Å²) in [6.45, 7) is 4.24. The molecule has 3 rings (SSSR count). The van der Waals surface area contributed by atoms with Crippen molar-refractivity contribution in [3.8, 4) is 0 Å². The van der Waals surface area contributed by atoms with E-state index in [0.717, 1.165) is 5.92 Å². The largest absolute Gasteiger partial charge is 0.0622 e.